The van der Waals surface area contributed by atoms with Gasteiger partial charge in [-0.25, -0.2) is 4.98 Å². The number of likely N-dealkylation sites (tertiary alicyclic amines) is 1. The van der Waals surface area contributed by atoms with Gasteiger partial charge in [0.05, 0.1) is 5.56 Å². The predicted octanol–water partition coefficient (Wildman–Crippen LogP) is 2.55. The highest BCUT2D eigenvalue weighted by Crippen LogP contribution is 2.22. The summed E-state index contributed by atoms with van der Waals surface area (Å²) in [6, 6.07) is 3.74. The van der Waals surface area contributed by atoms with Gasteiger partial charge in [0.2, 0.25) is 0 Å². The van der Waals surface area contributed by atoms with Gasteiger partial charge in [0.1, 0.15) is 11.6 Å². The fourth-order valence-corrected chi connectivity index (χ4v) is 3.38. The Kier molecular flexibility index (Phi) is 7.78. The molecule has 0 unspecified atom stereocenters. The van der Waals surface area contributed by atoms with Crippen LogP contribution in [0.2, 0.25) is 0 Å². The van der Waals surface area contributed by atoms with Crippen LogP contribution in [-0.4, -0.2) is 73.8 Å². The summed E-state index contributed by atoms with van der Waals surface area (Å²) in [7, 11) is 6.09. The van der Waals surface area contributed by atoms with Crippen LogP contribution in [0.5, 0.6) is 0 Å². The number of anilines is 1. The number of likely N-dealkylation sites (N-methyl/N-ethyl adjacent to an activating group) is 2. The second kappa shape index (κ2) is 9.83. The highest BCUT2D eigenvalue weighted by molar-refractivity contribution is 5.94. The molecule has 2 heterocycles. The van der Waals surface area contributed by atoms with Crippen molar-refractivity contribution >= 4 is 17.5 Å². The third-order valence-electron chi connectivity index (χ3n) is 5.04. The summed E-state index contributed by atoms with van der Waals surface area (Å²) in [4.78, 5) is 35.7. The Morgan fingerprint density at radius 1 is 1.22 bits per heavy atom. The van der Waals surface area contributed by atoms with Crippen molar-refractivity contribution in [3.05, 3.63) is 23.9 Å². The monoisotopic (exact) mass is 374 g/mol. The number of carbonyl (C=O) groups is 2. The van der Waals surface area contributed by atoms with E-state index in [2.05, 4.69) is 28.6 Å². The third-order valence-corrected chi connectivity index (χ3v) is 5.04. The van der Waals surface area contributed by atoms with Crippen LogP contribution < -0.4 is 4.90 Å². The summed E-state index contributed by atoms with van der Waals surface area (Å²) in [6.45, 7) is 7.19. The molecule has 1 aliphatic heterocycles. The molecule has 150 valence electrons. The number of hydrogen-bond acceptors (Lipinski definition) is 5. The van der Waals surface area contributed by atoms with Gasteiger partial charge >= 0.3 is 0 Å². The minimum atomic E-state index is -0.0213. The Labute approximate surface area is 163 Å². The van der Waals surface area contributed by atoms with Crippen LogP contribution in [0, 0.1) is 11.8 Å². The van der Waals surface area contributed by atoms with Gasteiger partial charge in [-0.05, 0) is 45.0 Å². The van der Waals surface area contributed by atoms with Crippen LogP contribution in [0.4, 0.5) is 5.82 Å². The second-order valence-corrected chi connectivity index (χ2v) is 8.28. The number of pyridine rings is 1. The van der Waals surface area contributed by atoms with Crippen molar-refractivity contribution in [1.82, 2.24) is 14.8 Å². The van der Waals surface area contributed by atoms with Gasteiger partial charge in [-0.3, -0.25) is 9.59 Å². The van der Waals surface area contributed by atoms with Crippen molar-refractivity contribution in [3.63, 3.8) is 0 Å². The predicted molar refractivity (Wildman–Crippen MR) is 109 cm³/mol. The van der Waals surface area contributed by atoms with Crippen molar-refractivity contribution in [3.8, 4) is 0 Å². The first kappa shape index (κ1) is 21.4. The van der Waals surface area contributed by atoms with E-state index in [0.717, 1.165) is 38.3 Å². The first-order valence-electron chi connectivity index (χ1n) is 9.91. The van der Waals surface area contributed by atoms with Crippen LogP contribution in [0.3, 0.4) is 0 Å². The SMILES string of the molecule is CC(C)CC(=O)[C@H]1CCCN(C(=O)c2ccc(N(C)CCN(C)C)nc2)C1. The summed E-state index contributed by atoms with van der Waals surface area (Å²) >= 11 is 0. The average Bonchev–Trinajstić information content (AvgIpc) is 2.65. The van der Waals surface area contributed by atoms with E-state index >= 15 is 0 Å². The van der Waals surface area contributed by atoms with Gasteiger partial charge < -0.3 is 14.7 Å². The number of piperidine rings is 1. The lowest BCUT2D eigenvalue weighted by atomic mass is 9.89. The lowest BCUT2D eigenvalue weighted by molar-refractivity contribution is -0.124. The Balaban J connectivity index is 1.97. The van der Waals surface area contributed by atoms with Crippen molar-refractivity contribution in [2.45, 2.75) is 33.1 Å². The highest BCUT2D eigenvalue weighted by atomic mass is 16.2. The van der Waals surface area contributed by atoms with Gasteiger partial charge in [-0.1, -0.05) is 13.8 Å². The summed E-state index contributed by atoms with van der Waals surface area (Å²) < 4.78 is 0. The summed E-state index contributed by atoms with van der Waals surface area (Å²) in [6.07, 6.45) is 4.04. The molecule has 0 bridgehead atoms. The topological polar surface area (TPSA) is 56.8 Å². The average molecular weight is 375 g/mol. The molecule has 0 saturated carbocycles. The zero-order chi connectivity index (χ0) is 20.0. The molecule has 1 amide bonds. The molecular formula is C21H34N4O2. The molecule has 1 aromatic heterocycles. The molecule has 0 spiro atoms. The summed E-state index contributed by atoms with van der Waals surface area (Å²) in [5, 5.41) is 0. The molecular weight excluding hydrogens is 340 g/mol. The molecule has 27 heavy (non-hydrogen) atoms. The molecule has 1 saturated heterocycles. The van der Waals surface area contributed by atoms with Crippen LogP contribution in [0.25, 0.3) is 0 Å². The van der Waals surface area contributed by atoms with E-state index in [1.165, 1.54) is 0 Å². The Bertz CT molecular complexity index is 628. The molecule has 0 radical (unpaired) electrons. The first-order chi connectivity index (χ1) is 12.8. The zero-order valence-corrected chi connectivity index (χ0v) is 17.4. The number of hydrogen-bond donors (Lipinski definition) is 0. The van der Waals surface area contributed by atoms with E-state index in [1.54, 1.807) is 6.20 Å². The summed E-state index contributed by atoms with van der Waals surface area (Å²) in [5.74, 6) is 1.47. The number of Topliss-reactive ketones (excluding diaryl/α,β-unsaturated/α-hetero) is 1. The van der Waals surface area contributed by atoms with E-state index in [-0.39, 0.29) is 11.8 Å². The minimum Gasteiger partial charge on any atom is -0.358 e. The van der Waals surface area contributed by atoms with Crippen LogP contribution >= 0.6 is 0 Å². The lowest BCUT2D eigenvalue weighted by Crippen LogP contribution is -2.42. The zero-order valence-electron chi connectivity index (χ0n) is 17.4. The standard InChI is InChI=1S/C21H34N4O2/c1-16(2)13-19(26)18-7-6-10-25(15-18)21(27)17-8-9-20(22-14-17)24(5)12-11-23(3)4/h8-9,14,16,18H,6-7,10-13,15H2,1-5H3/t18-/m0/s1. The molecule has 2 rings (SSSR count). The molecule has 1 aromatic rings. The molecule has 1 aliphatic rings. The van der Waals surface area contributed by atoms with Crippen LogP contribution in [-0.2, 0) is 4.79 Å². The smallest absolute Gasteiger partial charge is 0.255 e. The Hall–Kier alpha value is -1.95. The molecule has 6 heteroatoms. The normalized spacial score (nSPS) is 17.4. The minimum absolute atomic E-state index is 0.0190. The number of aromatic nitrogens is 1. The maximum atomic E-state index is 12.8. The molecule has 0 aliphatic carbocycles. The van der Waals surface area contributed by atoms with Gasteiger partial charge in [-0.15, -0.1) is 0 Å². The second-order valence-electron chi connectivity index (χ2n) is 8.28. The molecule has 1 fully saturated rings. The molecule has 0 aromatic carbocycles. The fraction of sp³-hybridized carbons (Fsp3) is 0.667. The summed E-state index contributed by atoms with van der Waals surface area (Å²) in [5.41, 5.74) is 0.594. The molecule has 1 atom stereocenters. The van der Waals surface area contributed by atoms with Gasteiger partial charge in [0.15, 0.2) is 0 Å². The van der Waals surface area contributed by atoms with Gasteiger partial charge in [0.25, 0.3) is 5.91 Å². The maximum absolute atomic E-state index is 12.8. The largest absolute Gasteiger partial charge is 0.358 e. The van der Waals surface area contributed by atoms with Crippen molar-refractivity contribution in [1.29, 1.82) is 0 Å². The van der Waals surface area contributed by atoms with Crippen molar-refractivity contribution in [2.75, 3.05) is 52.2 Å². The Morgan fingerprint density at radius 3 is 2.56 bits per heavy atom. The highest BCUT2D eigenvalue weighted by Gasteiger charge is 2.29. The number of amides is 1. The van der Waals surface area contributed by atoms with Crippen LogP contribution in [0.15, 0.2) is 18.3 Å². The molecule has 0 N–H and O–H groups in total. The van der Waals surface area contributed by atoms with E-state index < -0.39 is 0 Å². The third kappa shape index (κ3) is 6.31. The first-order valence-corrected chi connectivity index (χ1v) is 9.91. The number of carbonyl (C=O) groups excluding carboxylic acids is 2. The fourth-order valence-electron chi connectivity index (χ4n) is 3.38. The number of nitrogens with zero attached hydrogens (tertiary/aromatic N) is 4. The maximum Gasteiger partial charge on any atom is 0.255 e. The van der Waals surface area contributed by atoms with E-state index in [4.69, 9.17) is 0 Å². The Morgan fingerprint density at radius 2 is 1.96 bits per heavy atom. The van der Waals surface area contributed by atoms with Crippen molar-refractivity contribution in [2.24, 2.45) is 11.8 Å². The number of rotatable bonds is 8. The van der Waals surface area contributed by atoms with E-state index in [1.807, 2.05) is 38.2 Å². The van der Waals surface area contributed by atoms with Gasteiger partial charge in [0, 0.05) is 51.8 Å². The van der Waals surface area contributed by atoms with Crippen LogP contribution in [0.1, 0.15) is 43.5 Å². The number of ketones is 1. The lowest BCUT2D eigenvalue weighted by Gasteiger charge is -2.32. The quantitative estimate of drug-likeness (QED) is 0.700. The van der Waals surface area contributed by atoms with Gasteiger partial charge in [-0.2, -0.15) is 0 Å². The van der Waals surface area contributed by atoms with E-state index in [0.29, 0.717) is 30.2 Å². The molecule has 6 nitrogen and oxygen atoms in total. The van der Waals surface area contributed by atoms with Crippen molar-refractivity contribution < 1.29 is 9.59 Å². The van der Waals surface area contributed by atoms with E-state index in [9.17, 15) is 9.59 Å².